The minimum atomic E-state index is -0.701. The van der Waals surface area contributed by atoms with Gasteiger partial charge in [-0.15, -0.1) is 0 Å². The molecule has 6 nitrogen and oxygen atoms in total. The number of ketones is 1. The molecule has 19 heavy (non-hydrogen) atoms. The maximum Gasteiger partial charge on any atom is 0.341 e. The van der Waals surface area contributed by atoms with Gasteiger partial charge in [0.25, 0.3) is 5.69 Å². The Hall–Kier alpha value is -2.50. The summed E-state index contributed by atoms with van der Waals surface area (Å²) in [4.78, 5) is 32.9. The fourth-order valence-electron chi connectivity index (χ4n) is 1.37. The Balaban J connectivity index is 3.05. The van der Waals surface area contributed by atoms with Gasteiger partial charge in [-0.25, -0.2) is 4.79 Å². The van der Waals surface area contributed by atoms with Crippen molar-refractivity contribution >= 4 is 23.5 Å². The first-order chi connectivity index (χ1) is 8.95. The number of esters is 1. The zero-order valence-corrected chi connectivity index (χ0v) is 10.6. The van der Waals surface area contributed by atoms with Gasteiger partial charge in [-0.05, 0) is 37.6 Å². The second kappa shape index (κ2) is 6.44. The fourth-order valence-corrected chi connectivity index (χ4v) is 1.37. The molecule has 6 heteroatoms. The second-order valence-corrected chi connectivity index (χ2v) is 3.68. The van der Waals surface area contributed by atoms with Gasteiger partial charge in [0.05, 0.1) is 11.5 Å². The molecule has 0 aliphatic rings. The fraction of sp³-hybridized carbons (Fsp3) is 0.231. The lowest BCUT2D eigenvalue weighted by molar-refractivity contribution is -0.384. The van der Waals surface area contributed by atoms with E-state index in [9.17, 15) is 19.7 Å². The van der Waals surface area contributed by atoms with Crippen molar-refractivity contribution in [3.05, 3.63) is 45.5 Å². The van der Waals surface area contributed by atoms with Crippen LogP contribution in [0.1, 0.15) is 19.4 Å². The lowest BCUT2D eigenvalue weighted by Gasteiger charge is -2.03. The molecule has 1 aromatic rings. The number of hydrogen-bond donors (Lipinski definition) is 0. The van der Waals surface area contributed by atoms with Crippen molar-refractivity contribution < 1.29 is 19.2 Å². The molecule has 0 N–H and O–H groups in total. The molecular formula is C13H13NO5. The molecule has 0 aliphatic heterocycles. The Morgan fingerprint density at radius 3 is 2.32 bits per heavy atom. The third kappa shape index (κ3) is 4.02. The monoisotopic (exact) mass is 263 g/mol. The van der Waals surface area contributed by atoms with Gasteiger partial charge in [-0.2, -0.15) is 0 Å². The average Bonchev–Trinajstić information content (AvgIpc) is 2.36. The summed E-state index contributed by atoms with van der Waals surface area (Å²) < 4.78 is 4.76. The molecular weight excluding hydrogens is 250 g/mol. The van der Waals surface area contributed by atoms with E-state index in [2.05, 4.69) is 0 Å². The number of hydrogen-bond acceptors (Lipinski definition) is 5. The highest BCUT2D eigenvalue weighted by Gasteiger charge is 2.15. The molecule has 0 radical (unpaired) electrons. The molecule has 1 rings (SSSR count). The maximum absolute atomic E-state index is 11.5. The molecule has 0 saturated carbocycles. The predicted octanol–water partition coefficient (Wildman–Crippen LogP) is 2.13. The Bertz CT molecular complexity index is 530. The van der Waals surface area contributed by atoms with Gasteiger partial charge >= 0.3 is 5.97 Å². The standard InChI is InChI=1S/C13H13NO5/c1-3-19-13(16)12(9(2)15)8-10-4-6-11(7-5-10)14(17)18/h4-8H,3H2,1-2H3/b12-8+. The van der Waals surface area contributed by atoms with Crippen LogP contribution in [0.3, 0.4) is 0 Å². The first-order valence-corrected chi connectivity index (χ1v) is 5.60. The number of nitrogens with zero attached hydrogens (tertiary/aromatic N) is 1. The smallest absolute Gasteiger partial charge is 0.341 e. The number of benzene rings is 1. The minimum Gasteiger partial charge on any atom is -0.462 e. The minimum absolute atomic E-state index is 0.0577. The van der Waals surface area contributed by atoms with E-state index in [-0.39, 0.29) is 17.9 Å². The molecule has 0 atom stereocenters. The van der Waals surface area contributed by atoms with E-state index in [0.29, 0.717) is 5.56 Å². The highest BCUT2D eigenvalue weighted by Crippen LogP contribution is 2.15. The maximum atomic E-state index is 11.5. The Morgan fingerprint density at radius 1 is 1.32 bits per heavy atom. The van der Waals surface area contributed by atoms with Crippen LogP contribution in [0.25, 0.3) is 6.08 Å². The van der Waals surface area contributed by atoms with Gasteiger partial charge in [0.15, 0.2) is 5.78 Å². The van der Waals surface area contributed by atoms with Crippen molar-refractivity contribution in [1.29, 1.82) is 0 Å². The Labute approximate surface area is 109 Å². The molecule has 0 heterocycles. The predicted molar refractivity (Wildman–Crippen MR) is 68.4 cm³/mol. The van der Waals surface area contributed by atoms with E-state index in [1.165, 1.54) is 37.3 Å². The molecule has 0 aliphatic carbocycles. The number of nitro benzene ring substituents is 1. The average molecular weight is 263 g/mol. The van der Waals surface area contributed by atoms with Gasteiger partial charge in [-0.1, -0.05) is 0 Å². The van der Waals surface area contributed by atoms with Crippen molar-refractivity contribution in [2.24, 2.45) is 0 Å². The number of Topliss-reactive ketones (excluding diaryl/α,β-unsaturated/α-hetero) is 1. The van der Waals surface area contributed by atoms with Crippen molar-refractivity contribution in [2.45, 2.75) is 13.8 Å². The molecule has 0 saturated heterocycles. The zero-order valence-electron chi connectivity index (χ0n) is 10.6. The topological polar surface area (TPSA) is 86.5 Å². The van der Waals surface area contributed by atoms with E-state index in [1.807, 2.05) is 0 Å². The van der Waals surface area contributed by atoms with Crippen LogP contribution in [0.15, 0.2) is 29.8 Å². The van der Waals surface area contributed by atoms with Gasteiger partial charge < -0.3 is 4.74 Å². The van der Waals surface area contributed by atoms with Crippen molar-refractivity contribution in [1.82, 2.24) is 0 Å². The summed E-state index contributed by atoms with van der Waals surface area (Å²) in [5, 5.41) is 10.5. The lowest BCUT2D eigenvalue weighted by atomic mass is 10.1. The van der Waals surface area contributed by atoms with Crippen LogP contribution in [-0.2, 0) is 14.3 Å². The normalized spacial score (nSPS) is 10.9. The summed E-state index contributed by atoms with van der Waals surface area (Å²) >= 11 is 0. The summed E-state index contributed by atoms with van der Waals surface area (Å²) in [6, 6.07) is 5.52. The highest BCUT2D eigenvalue weighted by molar-refractivity contribution is 6.19. The van der Waals surface area contributed by atoms with E-state index in [4.69, 9.17) is 4.74 Å². The molecule has 100 valence electrons. The first-order valence-electron chi connectivity index (χ1n) is 5.60. The highest BCUT2D eigenvalue weighted by atomic mass is 16.6. The van der Waals surface area contributed by atoms with E-state index in [1.54, 1.807) is 6.92 Å². The molecule has 0 bridgehead atoms. The number of carbonyl (C=O) groups excluding carboxylic acids is 2. The second-order valence-electron chi connectivity index (χ2n) is 3.68. The molecule has 0 spiro atoms. The van der Waals surface area contributed by atoms with Crippen molar-refractivity contribution in [3.8, 4) is 0 Å². The van der Waals surface area contributed by atoms with Crippen LogP contribution in [-0.4, -0.2) is 23.3 Å². The molecule has 0 aromatic heterocycles. The number of rotatable bonds is 5. The summed E-state index contributed by atoms with van der Waals surface area (Å²) in [5.74, 6) is -1.12. The quantitative estimate of drug-likeness (QED) is 0.203. The van der Waals surface area contributed by atoms with Crippen molar-refractivity contribution in [3.63, 3.8) is 0 Å². The molecule has 1 aromatic carbocycles. The largest absolute Gasteiger partial charge is 0.462 e. The summed E-state index contributed by atoms with van der Waals surface area (Å²) in [5.41, 5.74) is 0.372. The van der Waals surface area contributed by atoms with Crippen LogP contribution in [0.4, 0.5) is 5.69 Å². The van der Waals surface area contributed by atoms with Gasteiger partial charge in [0, 0.05) is 12.1 Å². The van der Waals surface area contributed by atoms with E-state index >= 15 is 0 Å². The van der Waals surface area contributed by atoms with E-state index in [0.717, 1.165) is 0 Å². The van der Waals surface area contributed by atoms with Crippen LogP contribution in [0.2, 0.25) is 0 Å². The number of nitro groups is 1. The number of ether oxygens (including phenoxy) is 1. The SMILES string of the molecule is CCOC(=O)/C(=C/c1ccc([N+](=O)[O-])cc1)C(C)=O. The zero-order chi connectivity index (χ0) is 14.4. The number of carbonyl (C=O) groups is 2. The Kier molecular flexibility index (Phi) is 4.93. The molecule has 0 amide bonds. The molecule has 0 fully saturated rings. The van der Waals surface area contributed by atoms with Crippen LogP contribution in [0.5, 0.6) is 0 Å². The lowest BCUT2D eigenvalue weighted by Crippen LogP contribution is -2.13. The summed E-state index contributed by atoms with van der Waals surface area (Å²) in [7, 11) is 0. The molecule has 0 unspecified atom stereocenters. The van der Waals surface area contributed by atoms with Crippen LogP contribution in [0, 0.1) is 10.1 Å². The number of non-ortho nitro benzene ring substituents is 1. The van der Waals surface area contributed by atoms with Crippen molar-refractivity contribution in [2.75, 3.05) is 6.61 Å². The van der Waals surface area contributed by atoms with E-state index < -0.39 is 16.7 Å². The van der Waals surface area contributed by atoms with Crippen LogP contribution < -0.4 is 0 Å². The van der Waals surface area contributed by atoms with Gasteiger partial charge in [0.1, 0.15) is 5.57 Å². The van der Waals surface area contributed by atoms with Crippen LogP contribution >= 0.6 is 0 Å². The van der Waals surface area contributed by atoms with Gasteiger partial charge in [0.2, 0.25) is 0 Å². The summed E-state index contributed by atoms with van der Waals surface area (Å²) in [6.45, 7) is 3.07. The summed E-state index contributed by atoms with van der Waals surface area (Å²) in [6.07, 6.45) is 1.35. The third-order valence-electron chi connectivity index (χ3n) is 2.29. The Morgan fingerprint density at radius 2 is 1.89 bits per heavy atom. The third-order valence-corrected chi connectivity index (χ3v) is 2.29. The van der Waals surface area contributed by atoms with Gasteiger partial charge in [-0.3, -0.25) is 14.9 Å². The first kappa shape index (κ1) is 14.6.